The van der Waals surface area contributed by atoms with E-state index in [1.54, 1.807) is 36.4 Å². The summed E-state index contributed by atoms with van der Waals surface area (Å²) in [6.45, 7) is -0.228. The fourth-order valence-corrected chi connectivity index (χ4v) is 2.20. The zero-order valence-corrected chi connectivity index (χ0v) is 11.4. The summed E-state index contributed by atoms with van der Waals surface area (Å²) < 4.78 is 13.6. The highest BCUT2D eigenvalue weighted by Crippen LogP contribution is 2.29. The Bertz CT molecular complexity index is 577. The van der Waals surface area contributed by atoms with Crippen LogP contribution in [-0.2, 0) is 0 Å². The van der Waals surface area contributed by atoms with Crippen LogP contribution in [0.5, 0.6) is 0 Å². The Hall–Kier alpha value is -1.29. The van der Waals surface area contributed by atoms with Gasteiger partial charge < -0.3 is 10.4 Å². The van der Waals surface area contributed by atoms with Gasteiger partial charge in [0.15, 0.2) is 0 Å². The van der Waals surface area contributed by atoms with Crippen LogP contribution < -0.4 is 5.32 Å². The van der Waals surface area contributed by atoms with Gasteiger partial charge in [0.2, 0.25) is 0 Å². The Morgan fingerprint density at radius 3 is 2.58 bits per heavy atom. The number of para-hydroxylation sites is 1. The van der Waals surface area contributed by atoms with Crippen molar-refractivity contribution in [2.24, 2.45) is 0 Å². The number of halogens is 3. The molecule has 0 saturated carbocycles. The van der Waals surface area contributed by atoms with Gasteiger partial charge in [-0.1, -0.05) is 35.3 Å². The summed E-state index contributed by atoms with van der Waals surface area (Å²) in [5, 5.41) is 13.3. The molecule has 0 fully saturated rings. The minimum atomic E-state index is -0.525. The molecule has 2 aromatic rings. The first-order valence-electron chi connectivity index (χ1n) is 5.68. The van der Waals surface area contributed by atoms with E-state index in [1.165, 1.54) is 6.07 Å². The number of aliphatic hydroxyl groups excluding tert-OH is 1. The number of aliphatic hydroxyl groups is 1. The molecule has 0 aliphatic rings. The Balaban J connectivity index is 2.30. The molecule has 5 heteroatoms. The van der Waals surface area contributed by atoms with Crippen LogP contribution in [-0.4, -0.2) is 11.7 Å². The van der Waals surface area contributed by atoms with Gasteiger partial charge in [0, 0.05) is 10.0 Å². The van der Waals surface area contributed by atoms with Crippen LogP contribution in [0.1, 0.15) is 11.6 Å². The molecule has 1 atom stereocenters. The fourth-order valence-electron chi connectivity index (χ4n) is 1.77. The van der Waals surface area contributed by atoms with E-state index in [4.69, 9.17) is 23.2 Å². The third-order valence-electron chi connectivity index (χ3n) is 2.72. The van der Waals surface area contributed by atoms with Crippen LogP contribution in [0.4, 0.5) is 10.1 Å². The van der Waals surface area contributed by atoms with Gasteiger partial charge >= 0.3 is 0 Å². The number of rotatable bonds is 4. The predicted molar refractivity (Wildman–Crippen MR) is 76.3 cm³/mol. The van der Waals surface area contributed by atoms with Crippen molar-refractivity contribution in [1.82, 2.24) is 0 Å². The summed E-state index contributed by atoms with van der Waals surface area (Å²) in [7, 11) is 0. The molecular formula is C14H12Cl2FNO. The number of benzene rings is 2. The minimum absolute atomic E-state index is 0.228. The molecule has 2 N–H and O–H groups in total. The lowest BCUT2D eigenvalue weighted by Crippen LogP contribution is -2.16. The molecule has 0 aromatic heterocycles. The van der Waals surface area contributed by atoms with Gasteiger partial charge in [0.05, 0.1) is 18.3 Å². The average Bonchev–Trinajstić information content (AvgIpc) is 2.41. The van der Waals surface area contributed by atoms with Crippen LogP contribution in [0.15, 0.2) is 42.5 Å². The van der Waals surface area contributed by atoms with E-state index >= 15 is 0 Å². The standard InChI is InChI=1S/C14H12Cl2FNO/c15-9-5-6-11(16)10(7-9)14(8-19)18-13-4-2-1-3-12(13)17/h1-7,14,18-19H,8H2. The smallest absolute Gasteiger partial charge is 0.146 e. The molecule has 2 nitrogen and oxygen atoms in total. The number of anilines is 1. The Labute approximate surface area is 120 Å². The molecular weight excluding hydrogens is 288 g/mol. The normalized spacial score (nSPS) is 12.2. The zero-order valence-electron chi connectivity index (χ0n) is 9.91. The second kappa shape index (κ2) is 6.24. The van der Waals surface area contributed by atoms with E-state index in [-0.39, 0.29) is 12.4 Å². The van der Waals surface area contributed by atoms with Crippen molar-refractivity contribution in [2.75, 3.05) is 11.9 Å². The Morgan fingerprint density at radius 1 is 1.16 bits per heavy atom. The highest BCUT2D eigenvalue weighted by molar-refractivity contribution is 6.33. The topological polar surface area (TPSA) is 32.3 Å². The van der Waals surface area contributed by atoms with Gasteiger partial charge in [0.25, 0.3) is 0 Å². The molecule has 19 heavy (non-hydrogen) atoms. The van der Waals surface area contributed by atoms with E-state index in [2.05, 4.69) is 5.32 Å². The molecule has 1 unspecified atom stereocenters. The fraction of sp³-hybridized carbons (Fsp3) is 0.143. The molecule has 0 aliphatic heterocycles. The van der Waals surface area contributed by atoms with Crippen molar-refractivity contribution in [3.8, 4) is 0 Å². The molecule has 0 radical (unpaired) electrons. The maximum atomic E-state index is 13.6. The summed E-state index contributed by atoms with van der Waals surface area (Å²) in [4.78, 5) is 0. The summed E-state index contributed by atoms with van der Waals surface area (Å²) in [5.41, 5.74) is 0.928. The van der Waals surface area contributed by atoms with Crippen molar-refractivity contribution in [2.45, 2.75) is 6.04 Å². The lowest BCUT2D eigenvalue weighted by atomic mass is 10.1. The molecule has 100 valence electrons. The minimum Gasteiger partial charge on any atom is -0.394 e. The monoisotopic (exact) mass is 299 g/mol. The molecule has 0 saturated heterocycles. The predicted octanol–water partition coefficient (Wildman–Crippen LogP) is 4.28. The Kier molecular flexibility index (Phi) is 4.64. The van der Waals surface area contributed by atoms with E-state index in [1.807, 2.05) is 0 Å². The number of hydrogen-bond acceptors (Lipinski definition) is 2. The van der Waals surface area contributed by atoms with Gasteiger partial charge in [-0.15, -0.1) is 0 Å². The van der Waals surface area contributed by atoms with E-state index in [0.29, 0.717) is 21.3 Å². The van der Waals surface area contributed by atoms with Gasteiger partial charge in [0.1, 0.15) is 5.82 Å². The third-order valence-corrected chi connectivity index (χ3v) is 3.30. The molecule has 0 aliphatic carbocycles. The molecule has 0 bridgehead atoms. The first kappa shape index (κ1) is 14.1. The molecule has 0 amide bonds. The van der Waals surface area contributed by atoms with Crippen molar-refractivity contribution >= 4 is 28.9 Å². The third kappa shape index (κ3) is 3.38. The quantitative estimate of drug-likeness (QED) is 0.883. The van der Waals surface area contributed by atoms with Crippen molar-refractivity contribution in [3.63, 3.8) is 0 Å². The maximum absolute atomic E-state index is 13.6. The summed E-state index contributed by atoms with van der Waals surface area (Å²) in [6.07, 6.45) is 0. The van der Waals surface area contributed by atoms with E-state index in [9.17, 15) is 9.50 Å². The van der Waals surface area contributed by atoms with Crippen molar-refractivity contribution in [3.05, 3.63) is 63.9 Å². The zero-order chi connectivity index (χ0) is 13.8. The lowest BCUT2D eigenvalue weighted by molar-refractivity contribution is 0.276. The van der Waals surface area contributed by atoms with Gasteiger partial charge in [-0.2, -0.15) is 0 Å². The van der Waals surface area contributed by atoms with Crippen LogP contribution in [0, 0.1) is 5.82 Å². The first-order chi connectivity index (χ1) is 9.11. The second-order valence-electron chi connectivity index (χ2n) is 4.03. The Morgan fingerprint density at radius 2 is 1.89 bits per heavy atom. The summed E-state index contributed by atoms with van der Waals surface area (Å²) >= 11 is 12.0. The van der Waals surface area contributed by atoms with Crippen LogP contribution in [0.2, 0.25) is 10.0 Å². The van der Waals surface area contributed by atoms with E-state index in [0.717, 1.165) is 0 Å². The van der Waals surface area contributed by atoms with Crippen LogP contribution in [0.25, 0.3) is 0 Å². The average molecular weight is 300 g/mol. The van der Waals surface area contributed by atoms with Crippen LogP contribution in [0.3, 0.4) is 0 Å². The molecule has 2 rings (SSSR count). The summed E-state index contributed by atoms with van der Waals surface area (Å²) in [5.74, 6) is -0.390. The molecule has 2 aromatic carbocycles. The largest absolute Gasteiger partial charge is 0.394 e. The maximum Gasteiger partial charge on any atom is 0.146 e. The van der Waals surface area contributed by atoms with Gasteiger partial charge in [-0.25, -0.2) is 4.39 Å². The van der Waals surface area contributed by atoms with E-state index < -0.39 is 6.04 Å². The molecule has 0 spiro atoms. The van der Waals surface area contributed by atoms with Crippen molar-refractivity contribution in [1.29, 1.82) is 0 Å². The van der Waals surface area contributed by atoms with Gasteiger partial charge in [-0.3, -0.25) is 0 Å². The highest BCUT2D eigenvalue weighted by Gasteiger charge is 2.15. The first-order valence-corrected chi connectivity index (χ1v) is 6.44. The lowest BCUT2D eigenvalue weighted by Gasteiger charge is -2.19. The number of nitrogens with one attached hydrogen (secondary N) is 1. The number of hydrogen-bond donors (Lipinski definition) is 2. The summed E-state index contributed by atoms with van der Waals surface area (Å²) in [6, 6.07) is 10.7. The van der Waals surface area contributed by atoms with Crippen molar-refractivity contribution < 1.29 is 9.50 Å². The second-order valence-corrected chi connectivity index (χ2v) is 4.87. The highest BCUT2D eigenvalue weighted by atomic mass is 35.5. The molecule has 0 heterocycles. The SMILES string of the molecule is OCC(Nc1ccccc1F)c1cc(Cl)ccc1Cl. The van der Waals surface area contributed by atoms with Gasteiger partial charge in [-0.05, 0) is 35.9 Å². The van der Waals surface area contributed by atoms with Crippen LogP contribution >= 0.6 is 23.2 Å².